The molecule has 1 unspecified atom stereocenters. The molecular formula is C19H19N5O3S. The van der Waals surface area contributed by atoms with Crippen LogP contribution in [0.3, 0.4) is 0 Å². The number of hydrogen-bond donors (Lipinski definition) is 1. The van der Waals surface area contributed by atoms with Gasteiger partial charge < -0.3 is 9.88 Å². The Hall–Kier alpha value is -3.07. The van der Waals surface area contributed by atoms with Crippen molar-refractivity contribution in [2.75, 3.05) is 6.54 Å². The third kappa shape index (κ3) is 3.79. The number of nitrogens with zero attached hydrogens (tertiary/aromatic N) is 4. The molecule has 1 N–H and O–H groups in total. The molecule has 1 amide bonds. The van der Waals surface area contributed by atoms with Crippen molar-refractivity contribution in [3.8, 4) is 11.3 Å². The fourth-order valence-electron chi connectivity index (χ4n) is 3.45. The summed E-state index contributed by atoms with van der Waals surface area (Å²) in [6, 6.07) is 4.68. The van der Waals surface area contributed by atoms with E-state index in [4.69, 9.17) is 0 Å². The Balaban J connectivity index is 1.64. The summed E-state index contributed by atoms with van der Waals surface area (Å²) in [6.07, 6.45) is 5.47. The van der Waals surface area contributed by atoms with Gasteiger partial charge in [-0.1, -0.05) is 0 Å². The molecule has 4 rings (SSSR count). The zero-order chi connectivity index (χ0) is 19.5. The highest BCUT2D eigenvalue weighted by Gasteiger charge is 2.30. The standard InChI is InChI=1S/C19H19N5O3S/c25-16-10-14(13-5-9-28-12-13)21-18(22-16)15-4-1-2-8-24(15)17(26)11-23-7-3-6-20-19(23)27/h3,5-7,9-10,12,15H,1-2,4,8,11H2,(H,21,22,25). The second kappa shape index (κ2) is 7.89. The number of H-pyrrole nitrogens is 1. The monoisotopic (exact) mass is 397 g/mol. The summed E-state index contributed by atoms with van der Waals surface area (Å²) in [4.78, 5) is 49.8. The Labute approximate surface area is 164 Å². The van der Waals surface area contributed by atoms with E-state index in [9.17, 15) is 14.4 Å². The largest absolute Gasteiger partial charge is 0.347 e. The van der Waals surface area contributed by atoms with Crippen molar-refractivity contribution in [2.45, 2.75) is 31.8 Å². The van der Waals surface area contributed by atoms with Crippen LogP contribution in [0, 0.1) is 0 Å². The molecule has 0 bridgehead atoms. The van der Waals surface area contributed by atoms with Crippen molar-refractivity contribution in [3.05, 3.63) is 68.0 Å². The maximum absolute atomic E-state index is 12.9. The van der Waals surface area contributed by atoms with Crippen LogP contribution in [-0.2, 0) is 11.3 Å². The lowest BCUT2D eigenvalue weighted by molar-refractivity contribution is -0.136. The molecule has 1 atom stereocenters. The van der Waals surface area contributed by atoms with E-state index >= 15 is 0 Å². The van der Waals surface area contributed by atoms with E-state index < -0.39 is 5.69 Å². The van der Waals surface area contributed by atoms with Crippen molar-refractivity contribution in [1.29, 1.82) is 0 Å². The summed E-state index contributed by atoms with van der Waals surface area (Å²) in [5, 5.41) is 3.87. The number of aromatic amines is 1. The zero-order valence-corrected chi connectivity index (χ0v) is 15.9. The highest BCUT2D eigenvalue weighted by Crippen LogP contribution is 2.30. The quantitative estimate of drug-likeness (QED) is 0.724. The smallest absolute Gasteiger partial charge is 0.331 e. The maximum atomic E-state index is 12.9. The van der Waals surface area contributed by atoms with Gasteiger partial charge in [0.05, 0.1) is 11.7 Å². The third-order valence-corrected chi connectivity index (χ3v) is 5.49. The van der Waals surface area contributed by atoms with Crippen molar-refractivity contribution < 1.29 is 4.79 Å². The van der Waals surface area contributed by atoms with Crippen LogP contribution in [0.15, 0.2) is 50.9 Å². The van der Waals surface area contributed by atoms with Crippen LogP contribution in [0.5, 0.6) is 0 Å². The third-order valence-electron chi connectivity index (χ3n) is 4.80. The minimum Gasteiger partial charge on any atom is -0.331 e. The van der Waals surface area contributed by atoms with E-state index in [1.807, 2.05) is 16.8 Å². The molecule has 0 spiro atoms. The van der Waals surface area contributed by atoms with Gasteiger partial charge in [-0.15, -0.1) is 0 Å². The summed E-state index contributed by atoms with van der Waals surface area (Å²) < 4.78 is 1.28. The first-order valence-electron chi connectivity index (χ1n) is 9.06. The number of piperidine rings is 1. The molecule has 28 heavy (non-hydrogen) atoms. The van der Waals surface area contributed by atoms with Gasteiger partial charge in [0, 0.05) is 35.9 Å². The summed E-state index contributed by atoms with van der Waals surface area (Å²) >= 11 is 1.53. The van der Waals surface area contributed by atoms with Crippen LogP contribution in [0.2, 0.25) is 0 Å². The Morgan fingerprint density at radius 1 is 1.32 bits per heavy atom. The van der Waals surface area contributed by atoms with Gasteiger partial charge in [0.1, 0.15) is 12.4 Å². The Kier molecular flexibility index (Phi) is 5.16. The van der Waals surface area contributed by atoms with Crippen molar-refractivity contribution in [3.63, 3.8) is 0 Å². The number of aromatic nitrogens is 4. The first-order valence-corrected chi connectivity index (χ1v) is 10.0. The number of carbonyl (C=O) groups excluding carboxylic acids is 1. The summed E-state index contributed by atoms with van der Waals surface area (Å²) in [7, 11) is 0. The number of carbonyl (C=O) groups is 1. The molecule has 9 heteroatoms. The second-order valence-corrected chi connectivity index (χ2v) is 7.44. The Morgan fingerprint density at radius 3 is 3.00 bits per heavy atom. The molecule has 144 valence electrons. The van der Waals surface area contributed by atoms with E-state index in [-0.39, 0.29) is 24.1 Å². The van der Waals surface area contributed by atoms with Crippen molar-refractivity contribution >= 4 is 17.2 Å². The van der Waals surface area contributed by atoms with Gasteiger partial charge in [0.15, 0.2) is 0 Å². The number of rotatable bonds is 4. The molecule has 3 aromatic heterocycles. The van der Waals surface area contributed by atoms with Crippen LogP contribution in [-0.4, -0.2) is 36.9 Å². The highest BCUT2D eigenvalue weighted by molar-refractivity contribution is 7.08. The molecule has 1 saturated heterocycles. The van der Waals surface area contributed by atoms with Gasteiger partial charge in [-0.25, -0.2) is 14.8 Å². The minimum absolute atomic E-state index is 0.0857. The van der Waals surface area contributed by atoms with Crippen molar-refractivity contribution in [2.24, 2.45) is 0 Å². The number of nitrogens with one attached hydrogen (secondary N) is 1. The number of hydrogen-bond acceptors (Lipinski definition) is 6. The topological polar surface area (TPSA) is 101 Å². The first-order chi connectivity index (χ1) is 13.6. The van der Waals surface area contributed by atoms with Crippen LogP contribution < -0.4 is 11.2 Å². The predicted octanol–water partition coefficient (Wildman–Crippen LogP) is 1.81. The van der Waals surface area contributed by atoms with Gasteiger partial charge in [-0.2, -0.15) is 11.3 Å². The lowest BCUT2D eigenvalue weighted by atomic mass is 10.0. The number of likely N-dealkylation sites (tertiary alicyclic amines) is 1. The number of amides is 1. The first kappa shape index (κ1) is 18.3. The molecule has 8 nitrogen and oxygen atoms in total. The molecule has 1 fully saturated rings. The Morgan fingerprint density at radius 2 is 2.21 bits per heavy atom. The molecule has 1 aliphatic rings. The molecule has 0 saturated carbocycles. The van der Waals surface area contributed by atoms with Crippen LogP contribution >= 0.6 is 11.3 Å². The van der Waals surface area contributed by atoms with Gasteiger partial charge in [-0.05, 0) is 36.8 Å². The van der Waals surface area contributed by atoms with Gasteiger partial charge >= 0.3 is 5.69 Å². The lowest BCUT2D eigenvalue weighted by Gasteiger charge is -2.35. The van der Waals surface area contributed by atoms with E-state index in [1.54, 1.807) is 17.2 Å². The van der Waals surface area contributed by atoms with Gasteiger partial charge in [0.2, 0.25) is 5.91 Å². The highest BCUT2D eigenvalue weighted by atomic mass is 32.1. The second-order valence-electron chi connectivity index (χ2n) is 6.66. The zero-order valence-electron chi connectivity index (χ0n) is 15.1. The van der Waals surface area contributed by atoms with Gasteiger partial charge in [-0.3, -0.25) is 14.2 Å². The van der Waals surface area contributed by atoms with E-state index in [0.29, 0.717) is 24.5 Å². The van der Waals surface area contributed by atoms with Crippen LogP contribution in [0.4, 0.5) is 0 Å². The normalized spacial score (nSPS) is 16.9. The molecule has 0 aliphatic carbocycles. The summed E-state index contributed by atoms with van der Waals surface area (Å²) in [5.74, 6) is 0.295. The fraction of sp³-hybridized carbons (Fsp3) is 0.316. The lowest BCUT2D eigenvalue weighted by Crippen LogP contribution is -2.42. The maximum Gasteiger partial charge on any atom is 0.347 e. The van der Waals surface area contributed by atoms with Crippen LogP contribution in [0.25, 0.3) is 11.3 Å². The molecule has 0 radical (unpaired) electrons. The van der Waals surface area contributed by atoms with Crippen molar-refractivity contribution in [1.82, 2.24) is 24.4 Å². The van der Waals surface area contributed by atoms with Crippen LogP contribution in [0.1, 0.15) is 31.1 Å². The molecule has 3 aromatic rings. The van der Waals surface area contributed by atoms with E-state index in [1.165, 1.54) is 28.2 Å². The summed E-state index contributed by atoms with van der Waals surface area (Å²) in [6.45, 7) is 0.475. The molecule has 4 heterocycles. The van der Waals surface area contributed by atoms with Gasteiger partial charge in [0.25, 0.3) is 5.56 Å². The predicted molar refractivity (Wildman–Crippen MR) is 105 cm³/mol. The average Bonchev–Trinajstić information content (AvgIpc) is 3.24. The average molecular weight is 397 g/mol. The van der Waals surface area contributed by atoms with E-state index in [2.05, 4.69) is 15.0 Å². The molecule has 0 aromatic carbocycles. The Bertz CT molecular complexity index is 1090. The summed E-state index contributed by atoms with van der Waals surface area (Å²) in [5.41, 5.74) is 0.775. The number of thiophene rings is 1. The molecular weight excluding hydrogens is 378 g/mol. The molecule has 1 aliphatic heterocycles. The SMILES string of the molecule is O=C(Cn1cccnc1=O)N1CCCCC1c1nc(-c2ccsc2)cc(=O)[nH]1. The fourth-order valence-corrected chi connectivity index (χ4v) is 4.10. The minimum atomic E-state index is -0.463. The van der Waals surface area contributed by atoms with E-state index in [0.717, 1.165) is 18.4 Å².